The lowest BCUT2D eigenvalue weighted by atomic mass is 9.96. The molecule has 0 bridgehead atoms. The van der Waals surface area contributed by atoms with Crippen LogP contribution in [-0.4, -0.2) is 19.1 Å². The Morgan fingerprint density at radius 3 is 2.62 bits per heavy atom. The van der Waals surface area contributed by atoms with Crippen molar-refractivity contribution in [2.24, 2.45) is 5.92 Å². The molecule has 2 rings (SSSR count). The number of nitrogens with one attached hydrogen (secondary N) is 1. The molecule has 1 heterocycles. The summed E-state index contributed by atoms with van der Waals surface area (Å²) in [5.74, 6) is -0.268. The third-order valence-electron chi connectivity index (χ3n) is 3.38. The Labute approximate surface area is 125 Å². The van der Waals surface area contributed by atoms with Crippen molar-refractivity contribution < 1.29 is 22.7 Å². The highest BCUT2D eigenvalue weighted by Crippen LogP contribution is 2.36. The second-order valence-electron chi connectivity index (χ2n) is 5.00. The van der Waals surface area contributed by atoms with Crippen molar-refractivity contribution in [3.63, 3.8) is 0 Å². The summed E-state index contributed by atoms with van der Waals surface area (Å²) >= 11 is 5.59. The van der Waals surface area contributed by atoms with Crippen LogP contribution in [0, 0.1) is 5.92 Å². The maximum Gasteiger partial charge on any atom is 0.418 e. The van der Waals surface area contributed by atoms with Gasteiger partial charge in [-0.15, -0.1) is 0 Å². The predicted octanol–water partition coefficient (Wildman–Crippen LogP) is 4.11. The maximum absolute atomic E-state index is 12.9. The summed E-state index contributed by atoms with van der Waals surface area (Å²) in [5, 5.41) is 2.31. The number of rotatable bonds is 3. The first-order chi connectivity index (χ1) is 9.86. The molecule has 0 atom stereocenters. The van der Waals surface area contributed by atoms with Gasteiger partial charge in [-0.2, -0.15) is 13.2 Å². The van der Waals surface area contributed by atoms with Crippen molar-refractivity contribution in [1.82, 2.24) is 0 Å². The summed E-state index contributed by atoms with van der Waals surface area (Å²) in [5.41, 5.74) is -1.20. The van der Waals surface area contributed by atoms with Crippen molar-refractivity contribution in [3.8, 4) is 0 Å². The zero-order chi connectivity index (χ0) is 15.5. The molecule has 0 aromatic heterocycles. The van der Waals surface area contributed by atoms with Gasteiger partial charge in [0.05, 0.1) is 11.3 Å². The van der Waals surface area contributed by atoms with E-state index < -0.39 is 17.6 Å². The van der Waals surface area contributed by atoms with Gasteiger partial charge >= 0.3 is 6.18 Å². The normalized spacial score (nSPS) is 16.8. The van der Waals surface area contributed by atoms with Crippen molar-refractivity contribution in [2.45, 2.75) is 25.4 Å². The summed E-state index contributed by atoms with van der Waals surface area (Å²) in [7, 11) is 0. The summed E-state index contributed by atoms with van der Waals surface area (Å²) in [6.07, 6.45) is -2.87. The van der Waals surface area contributed by atoms with Crippen molar-refractivity contribution in [2.75, 3.05) is 18.5 Å². The van der Waals surface area contributed by atoms with E-state index in [0.29, 0.717) is 13.2 Å². The number of amides is 1. The highest BCUT2D eigenvalue weighted by atomic mass is 35.5. The number of hydrogen-bond acceptors (Lipinski definition) is 2. The number of hydrogen-bond donors (Lipinski definition) is 1. The van der Waals surface area contributed by atoms with Crippen LogP contribution in [0.1, 0.15) is 24.8 Å². The van der Waals surface area contributed by atoms with E-state index in [1.54, 1.807) is 0 Å². The SMILES string of the molecule is O=C(CC1CCOCC1)Nc1ccc(Cl)cc1C(F)(F)F. The quantitative estimate of drug-likeness (QED) is 0.909. The van der Waals surface area contributed by atoms with Gasteiger partial charge in [0, 0.05) is 24.7 Å². The van der Waals surface area contributed by atoms with Gasteiger partial charge in [-0.3, -0.25) is 4.79 Å². The molecule has 0 aliphatic carbocycles. The number of carbonyl (C=O) groups is 1. The lowest BCUT2D eigenvalue weighted by Gasteiger charge is -2.22. The molecule has 1 saturated heterocycles. The topological polar surface area (TPSA) is 38.3 Å². The van der Waals surface area contributed by atoms with Gasteiger partial charge in [-0.1, -0.05) is 11.6 Å². The van der Waals surface area contributed by atoms with Gasteiger partial charge in [0.25, 0.3) is 0 Å². The number of carbonyl (C=O) groups excluding carboxylic acids is 1. The van der Waals surface area contributed by atoms with Gasteiger partial charge in [0.15, 0.2) is 0 Å². The number of ether oxygens (including phenoxy) is 1. The molecule has 0 saturated carbocycles. The molecule has 7 heteroatoms. The molecule has 0 radical (unpaired) electrons. The molecule has 0 spiro atoms. The summed E-state index contributed by atoms with van der Waals surface area (Å²) < 4.78 is 43.9. The van der Waals surface area contributed by atoms with Crippen LogP contribution in [0.5, 0.6) is 0 Å². The molecule has 1 N–H and O–H groups in total. The minimum atomic E-state index is -4.56. The van der Waals surface area contributed by atoms with Crippen LogP contribution in [0.15, 0.2) is 18.2 Å². The Hall–Kier alpha value is -1.27. The van der Waals surface area contributed by atoms with E-state index >= 15 is 0 Å². The molecule has 3 nitrogen and oxygen atoms in total. The van der Waals surface area contributed by atoms with Crippen molar-refractivity contribution in [3.05, 3.63) is 28.8 Å². The predicted molar refractivity (Wildman–Crippen MR) is 73.2 cm³/mol. The van der Waals surface area contributed by atoms with Gasteiger partial charge in [0.2, 0.25) is 5.91 Å². The zero-order valence-corrected chi connectivity index (χ0v) is 11.9. The van der Waals surface area contributed by atoms with Gasteiger partial charge in [-0.05, 0) is 37.0 Å². The highest BCUT2D eigenvalue weighted by molar-refractivity contribution is 6.30. The molecule has 1 aliphatic heterocycles. The number of benzene rings is 1. The number of alkyl halides is 3. The van der Waals surface area contributed by atoms with E-state index in [2.05, 4.69) is 5.32 Å². The average molecular weight is 322 g/mol. The second kappa shape index (κ2) is 6.66. The molecule has 1 aromatic rings. The molecule has 0 unspecified atom stereocenters. The highest BCUT2D eigenvalue weighted by Gasteiger charge is 2.34. The Morgan fingerprint density at radius 1 is 1.33 bits per heavy atom. The van der Waals surface area contributed by atoms with Crippen molar-refractivity contribution in [1.29, 1.82) is 0 Å². The monoisotopic (exact) mass is 321 g/mol. The third-order valence-corrected chi connectivity index (χ3v) is 3.61. The van der Waals surface area contributed by atoms with E-state index in [1.165, 1.54) is 12.1 Å². The molecule has 21 heavy (non-hydrogen) atoms. The zero-order valence-electron chi connectivity index (χ0n) is 11.2. The third kappa shape index (κ3) is 4.61. The number of anilines is 1. The van der Waals surface area contributed by atoms with Crippen LogP contribution < -0.4 is 5.32 Å². The maximum atomic E-state index is 12.9. The molecular weight excluding hydrogens is 307 g/mol. The first-order valence-electron chi connectivity index (χ1n) is 6.60. The fourth-order valence-corrected chi connectivity index (χ4v) is 2.45. The summed E-state index contributed by atoms with van der Waals surface area (Å²) in [6, 6.07) is 3.31. The minimum Gasteiger partial charge on any atom is -0.381 e. The summed E-state index contributed by atoms with van der Waals surface area (Å²) in [4.78, 5) is 11.9. The van der Waals surface area contributed by atoms with Gasteiger partial charge in [0.1, 0.15) is 0 Å². The molecule has 1 aliphatic rings. The van der Waals surface area contributed by atoms with Gasteiger partial charge < -0.3 is 10.1 Å². The van der Waals surface area contributed by atoms with E-state index in [9.17, 15) is 18.0 Å². The van der Waals surface area contributed by atoms with E-state index in [4.69, 9.17) is 16.3 Å². The van der Waals surface area contributed by atoms with Crippen LogP contribution in [0.2, 0.25) is 5.02 Å². The van der Waals surface area contributed by atoms with E-state index in [1.807, 2.05) is 0 Å². The van der Waals surface area contributed by atoms with Gasteiger partial charge in [-0.25, -0.2) is 0 Å². The molecular formula is C14H15ClF3NO2. The van der Waals surface area contributed by atoms with Crippen LogP contribution in [0.3, 0.4) is 0 Å². The van der Waals surface area contributed by atoms with Crippen LogP contribution in [0.25, 0.3) is 0 Å². The fraction of sp³-hybridized carbons (Fsp3) is 0.500. The first-order valence-corrected chi connectivity index (χ1v) is 6.98. The van der Waals surface area contributed by atoms with Crippen LogP contribution in [0.4, 0.5) is 18.9 Å². The Bertz CT molecular complexity index is 513. The Balaban J connectivity index is 2.06. The van der Waals surface area contributed by atoms with Crippen LogP contribution in [-0.2, 0) is 15.7 Å². The Kier molecular flexibility index (Phi) is 5.11. The molecule has 1 fully saturated rings. The Morgan fingerprint density at radius 2 is 2.00 bits per heavy atom. The first kappa shape index (κ1) is 16.1. The van der Waals surface area contributed by atoms with E-state index in [0.717, 1.165) is 18.9 Å². The lowest BCUT2D eigenvalue weighted by molar-refractivity contribution is -0.137. The van der Waals surface area contributed by atoms with Crippen molar-refractivity contribution >= 4 is 23.2 Å². The van der Waals surface area contributed by atoms with E-state index in [-0.39, 0.29) is 23.0 Å². The average Bonchev–Trinajstić information content (AvgIpc) is 2.40. The standard InChI is InChI=1S/C14H15ClF3NO2/c15-10-1-2-12(11(8-10)14(16,17)18)19-13(20)7-9-3-5-21-6-4-9/h1-2,8-9H,3-7H2,(H,19,20). The fourth-order valence-electron chi connectivity index (χ4n) is 2.27. The van der Waals surface area contributed by atoms with Crippen LogP contribution >= 0.6 is 11.6 Å². The molecule has 1 aromatic carbocycles. The second-order valence-corrected chi connectivity index (χ2v) is 5.43. The lowest BCUT2D eigenvalue weighted by Crippen LogP contribution is -2.23. The number of halogens is 4. The molecule has 1 amide bonds. The summed E-state index contributed by atoms with van der Waals surface area (Å²) in [6.45, 7) is 1.18. The largest absolute Gasteiger partial charge is 0.418 e. The molecule has 116 valence electrons. The minimum absolute atomic E-state index is 0.0234. The smallest absolute Gasteiger partial charge is 0.381 e.